The normalized spacial score (nSPS) is 9.85. The third-order valence-electron chi connectivity index (χ3n) is 2.89. The third kappa shape index (κ3) is 2.98. The van der Waals surface area contributed by atoms with Gasteiger partial charge in [-0.1, -0.05) is 22.0 Å². The lowest BCUT2D eigenvalue weighted by atomic mass is 10.1. The maximum absolute atomic E-state index is 12.1. The summed E-state index contributed by atoms with van der Waals surface area (Å²) in [6, 6.07) is 12.2. The lowest BCUT2D eigenvalue weighted by molar-refractivity contribution is 0.102. The van der Waals surface area contributed by atoms with Crippen LogP contribution >= 0.6 is 15.9 Å². The van der Waals surface area contributed by atoms with Crippen molar-refractivity contribution in [2.45, 2.75) is 6.92 Å². The van der Waals surface area contributed by atoms with Crippen LogP contribution in [0.25, 0.3) is 0 Å². The van der Waals surface area contributed by atoms with Gasteiger partial charge in [0, 0.05) is 15.7 Å². The van der Waals surface area contributed by atoms with E-state index in [1.54, 1.807) is 36.4 Å². The average molecular weight is 330 g/mol. The monoisotopic (exact) mass is 329 g/mol. The Hall–Kier alpha value is -2.32. The first-order valence-electron chi connectivity index (χ1n) is 5.88. The predicted octanol–water partition coefficient (Wildman–Crippen LogP) is 3.46. The standard InChI is InChI=1S/C15H12BrN3O/c1-9-2-3-10(7-13(9)18)15(20)19-14-5-4-12(16)6-11(14)8-17/h2-7H,18H2,1H3,(H,19,20). The number of nitrogens with zero attached hydrogens (tertiary/aromatic N) is 1. The second-order valence-corrected chi connectivity index (χ2v) is 5.24. The number of rotatable bonds is 2. The summed E-state index contributed by atoms with van der Waals surface area (Å²) in [5.41, 5.74) is 8.60. The zero-order valence-corrected chi connectivity index (χ0v) is 12.4. The smallest absolute Gasteiger partial charge is 0.255 e. The van der Waals surface area contributed by atoms with Gasteiger partial charge in [-0.3, -0.25) is 4.79 Å². The molecule has 2 rings (SSSR count). The topological polar surface area (TPSA) is 78.9 Å². The van der Waals surface area contributed by atoms with E-state index >= 15 is 0 Å². The summed E-state index contributed by atoms with van der Waals surface area (Å²) in [5.74, 6) is -0.296. The summed E-state index contributed by atoms with van der Waals surface area (Å²) < 4.78 is 0.784. The number of hydrogen-bond acceptors (Lipinski definition) is 3. The van der Waals surface area contributed by atoms with E-state index in [4.69, 9.17) is 11.0 Å². The highest BCUT2D eigenvalue weighted by atomic mass is 79.9. The van der Waals surface area contributed by atoms with Gasteiger partial charge in [0.25, 0.3) is 5.91 Å². The number of nitriles is 1. The molecule has 5 heteroatoms. The summed E-state index contributed by atoms with van der Waals surface area (Å²) in [7, 11) is 0. The molecule has 0 aliphatic rings. The summed E-state index contributed by atoms with van der Waals surface area (Å²) in [6.07, 6.45) is 0. The van der Waals surface area contributed by atoms with Gasteiger partial charge in [-0.25, -0.2) is 0 Å². The van der Waals surface area contributed by atoms with E-state index in [1.807, 2.05) is 13.0 Å². The Labute approximate surface area is 125 Å². The fourth-order valence-electron chi connectivity index (χ4n) is 1.69. The van der Waals surface area contributed by atoms with Crippen molar-refractivity contribution in [2.75, 3.05) is 11.1 Å². The van der Waals surface area contributed by atoms with Crippen molar-refractivity contribution >= 4 is 33.2 Å². The van der Waals surface area contributed by atoms with E-state index in [2.05, 4.69) is 21.2 Å². The highest BCUT2D eigenvalue weighted by Gasteiger charge is 2.10. The van der Waals surface area contributed by atoms with Crippen LogP contribution in [-0.2, 0) is 0 Å². The molecular weight excluding hydrogens is 318 g/mol. The number of anilines is 2. The molecule has 2 aromatic carbocycles. The zero-order chi connectivity index (χ0) is 14.7. The molecule has 20 heavy (non-hydrogen) atoms. The molecule has 0 fully saturated rings. The van der Waals surface area contributed by atoms with Crippen LogP contribution in [0.3, 0.4) is 0 Å². The Morgan fingerprint density at radius 1 is 1.30 bits per heavy atom. The van der Waals surface area contributed by atoms with Gasteiger partial charge in [0.05, 0.1) is 11.3 Å². The first-order valence-corrected chi connectivity index (χ1v) is 6.67. The van der Waals surface area contributed by atoms with Crippen molar-refractivity contribution in [3.05, 3.63) is 57.6 Å². The van der Waals surface area contributed by atoms with Crippen molar-refractivity contribution < 1.29 is 4.79 Å². The minimum atomic E-state index is -0.296. The van der Waals surface area contributed by atoms with E-state index in [9.17, 15) is 4.79 Å². The summed E-state index contributed by atoms with van der Waals surface area (Å²) >= 11 is 3.29. The Balaban J connectivity index is 2.28. The molecule has 0 atom stereocenters. The lowest BCUT2D eigenvalue weighted by Gasteiger charge is -2.08. The van der Waals surface area contributed by atoms with Crippen molar-refractivity contribution in [1.29, 1.82) is 5.26 Å². The fourth-order valence-corrected chi connectivity index (χ4v) is 2.06. The largest absolute Gasteiger partial charge is 0.398 e. The lowest BCUT2D eigenvalue weighted by Crippen LogP contribution is -2.13. The van der Waals surface area contributed by atoms with Gasteiger partial charge >= 0.3 is 0 Å². The number of nitrogens with two attached hydrogens (primary N) is 1. The van der Waals surface area contributed by atoms with Crippen LogP contribution in [0, 0.1) is 18.3 Å². The minimum absolute atomic E-state index is 0.296. The summed E-state index contributed by atoms with van der Waals surface area (Å²) in [6.45, 7) is 1.87. The van der Waals surface area contributed by atoms with Gasteiger partial charge in [0.15, 0.2) is 0 Å². The fraction of sp³-hybridized carbons (Fsp3) is 0.0667. The first kappa shape index (κ1) is 14.1. The SMILES string of the molecule is Cc1ccc(C(=O)Nc2ccc(Br)cc2C#N)cc1N. The molecule has 0 aliphatic heterocycles. The predicted molar refractivity (Wildman–Crippen MR) is 82.4 cm³/mol. The number of carbonyl (C=O) groups is 1. The summed E-state index contributed by atoms with van der Waals surface area (Å²) in [4.78, 5) is 12.1. The molecule has 4 nitrogen and oxygen atoms in total. The Bertz CT molecular complexity index is 720. The van der Waals surface area contributed by atoms with Gasteiger partial charge in [-0.15, -0.1) is 0 Å². The molecule has 0 saturated heterocycles. The molecular formula is C15H12BrN3O. The number of benzene rings is 2. The van der Waals surface area contributed by atoms with Crippen LogP contribution in [0.4, 0.5) is 11.4 Å². The molecule has 2 aromatic rings. The van der Waals surface area contributed by atoms with E-state index < -0.39 is 0 Å². The number of nitrogens with one attached hydrogen (secondary N) is 1. The van der Waals surface area contributed by atoms with Crippen molar-refractivity contribution in [2.24, 2.45) is 0 Å². The Morgan fingerprint density at radius 2 is 2.05 bits per heavy atom. The van der Waals surface area contributed by atoms with Gasteiger partial charge in [0.2, 0.25) is 0 Å². The number of aryl methyl sites for hydroxylation is 1. The molecule has 0 aliphatic carbocycles. The van der Waals surface area contributed by atoms with Crippen molar-refractivity contribution in [3.8, 4) is 6.07 Å². The molecule has 0 spiro atoms. The highest BCUT2D eigenvalue weighted by molar-refractivity contribution is 9.10. The number of nitrogen functional groups attached to an aromatic ring is 1. The second kappa shape index (κ2) is 5.76. The molecule has 0 radical (unpaired) electrons. The summed E-state index contributed by atoms with van der Waals surface area (Å²) in [5, 5.41) is 11.8. The molecule has 0 bridgehead atoms. The number of halogens is 1. The molecule has 0 unspecified atom stereocenters. The highest BCUT2D eigenvalue weighted by Crippen LogP contribution is 2.21. The van der Waals surface area contributed by atoms with E-state index in [-0.39, 0.29) is 5.91 Å². The molecule has 3 N–H and O–H groups in total. The first-order chi connectivity index (χ1) is 9.51. The van der Waals surface area contributed by atoms with E-state index in [0.29, 0.717) is 22.5 Å². The van der Waals surface area contributed by atoms with Crippen molar-refractivity contribution in [1.82, 2.24) is 0 Å². The Kier molecular flexibility index (Phi) is 4.06. The Morgan fingerprint density at radius 3 is 2.70 bits per heavy atom. The van der Waals surface area contributed by atoms with Crippen LogP contribution in [-0.4, -0.2) is 5.91 Å². The van der Waals surface area contributed by atoms with Gasteiger partial charge < -0.3 is 11.1 Å². The van der Waals surface area contributed by atoms with Crippen LogP contribution < -0.4 is 11.1 Å². The maximum Gasteiger partial charge on any atom is 0.255 e. The minimum Gasteiger partial charge on any atom is -0.398 e. The van der Waals surface area contributed by atoms with Gasteiger partial charge in [-0.05, 0) is 42.8 Å². The molecule has 1 amide bonds. The van der Waals surface area contributed by atoms with Gasteiger partial charge in [0.1, 0.15) is 6.07 Å². The van der Waals surface area contributed by atoms with Crippen LogP contribution in [0.5, 0.6) is 0 Å². The molecule has 0 heterocycles. The number of amides is 1. The van der Waals surface area contributed by atoms with Crippen LogP contribution in [0.2, 0.25) is 0 Å². The average Bonchev–Trinajstić information content (AvgIpc) is 2.43. The second-order valence-electron chi connectivity index (χ2n) is 4.33. The van der Waals surface area contributed by atoms with E-state index in [0.717, 1.165) is 10.0 Å². The molecule has 0 aromatic heterocycles. The molecule has 0 saturated carbocycles. The quantitative estimate of drug-likeness (QED) is 0.828. The van der Waals surface area contributed by atoms with Gasteiger partial charge in [-0.2, -0.15) is 5.26 Å². The van der Waals surface area contributed by atoms with Crippen LogP contribution in [0.1, 0.15) is 21.5 Å². The maximum atomic E-state index is 12.1. The zero-order valence-electron chi connectivity index (χ0n) is 10.8. The third-order valence-corrected chi connectivity index (χ3v) is 3.38. The van der Waals surface area contributed by atoms with Crippen molar-refractivity contribution in [3.63, 3.8) is 0 Å². The number of hydrogen-bond donors (Lipinski definition) is 2. The molecule has 100 valence electrons. The van der Waals surface area contributed by atoms with E-state index in [1.165, 1.54) is 0 Å². The van der Waals surface area contributed by atoms with Crippen LogP contribution in [0.15, 0.2) is 40.9 Å². The number of carbonyl (C=O) groups excluding carboxylic acids is 1.